The van der Waals surface area contributed by atoms with Crippen LogP contribution in [0.15, 0.2) is 0 Å². The molecule has 1 aliphatic carbocycles. The van der Waals surface area contributed by atoms with Gasteiger partial charge in [0.15, 0.2) is 0 Å². The van der Waals surface area contributed by atoms with E-state index in [1.54, 1.807) is 6.92 Å². The molecule has 0 aliphatic heterocycles. The van der Waals surface area contributed by atoms with Crippen LogP contribution in [0.5, 0.6) is 0 Å². The lowest BCUT2D eigenvalue weighted by Crippen LogP contribution is -2.11. The van der Waals surface area contributed by atoms with Gasteiger partial charge in [0.05, 0.1) is 10.6 Å². The van der Waals surface area contributed by atoms with Gasteiger partial charge in [-0.3, -0.25) is 10.1 Å². The van der Waals surface area contributed by atoms with Crippen molar-refractivity contribution in [3.05, 3.63) is 27.0 Å². The van der Waals surface area contributed by atoms with E-state index in [0.717, 1.165) is 34.6 Å². The van der Waals surface area contributed by atoms with Gasteiger partial charge in [-0.2, -0.15) is 13.2 Å². The summed E-state index contributed by atoms with van der Waals surface area (Å²) in [4.78, 5) is 22.7. The van der Waals surface area contributed by atoms with Crippen molar-refractivity contribution in [2.24, 2.45) is 0 Å². The van der Waals surface area contributed by atoms with E-state index in [1.165, 1.54) is 11.3 Å². The fraction of sp³-hybridized carbons (Fsp3) is 0.400. The molecule has 3 heterocycles. The Morgan fingerprint density at radius 2 is 1.88 bits per heavy atom. The molecule has 0 aromatic carbocycles. The van der Waals surface area contributed by atoms with Gasteiger partial charge in [-0.15, -0.1) is 21.5 Å². The van der Waals surface area contributed by atoms with Gasteiger partial charge < -0.3 is 0 Å². The molecule has 1 amide bonds. The lowest BCUT2D eigenvalue weighted by atomic mass is 10.1. The van der Waals surface area contributed by atoms with Crippen LogP contribution in [-0.4, -0.2) is 26.1 Å². The Morgan fingerprint density at radius 3 is 2.50 bits per heavy atom. The molecule has 0 unspecified atom stereocenters. The number of alkyl halides is 3. The van der Waals surface area contributed by atoms with Crippen molar-refractivity contribution in [1.29, 1.82) is 0 Å². The van der Waals surface area contributed by atoms with Gasteiger partial charge in [-0.25, -0.2) is 9.97 Å². The predicted octanol–water partition coefficient (Wildman–Crippen LogP) is 4.31. The quantitative estimate of drug-likeness (QED) is 0.710. The number of nitrogens with zero attached hydrogens (tertiary/aromatic N) is 4. The Kier molecular flexibility index (Phi) is 3.95. The first-order valence-corrected chi connectivity index (χ1v) is 9.37. The fourth-order valence-electron chi connectivity index (χ4n) is 2.64. The summed E-state index contributed by atoms with van der Waals surface area (Å²) in [6, 6.07) is 0. The fourth-order valence-corrected chi connectivity index (χ4v) is 4.38. The molecule has 1 N–H and O–H groups in total. The Balaban J connectivity index is 1.65. The highest BCUT2D eigenvalue weighted by molar-refractivity contribution is 7.21. The van der Waals surface area contributed by atoms with Crippen LogP contribution in [-0.2, 0) is 6.18 Å². The van der Waals surface area contributed by atoms with Gasteiger partial charge in [-0.1, -0.05) is 11.3 Å². The van der Waals surface area contributed by atoms with E-state index < -0.39 is 17.1 Å². The summed E-state index contributed by atoms with van der Waals surface area (Å²) in [7, 11) is 0. The number of thiophene rings is 1. The van der Waals surface area contributed by atoms with E-state index in [9.17, 15) is 18.0 Å². The number of anilines is 1. The van der Waals surface area contributed by atoms with Gasteiger partial charge in [-0.05, 0) is 32.3 Å². The normalized spacial score (nSPS) is 14.8. The van der Waals surface area contributed by atoms with Crippen molar-refractivity contribution < 1.29 is 18.0 Å². The zero-order valence-electron chi connectivity index (χ0n) is 13.6. The first-order valence-electron chi connectivity index (χ1n) is 7.73. The summed E-state index contributed by atoms with van der Waals surface area (Å²) >= 11 is 1.50. The van der Waals surface area contributed by atoms with Crippen LogP contribution < -0.4 is 5.32 Å². The summed E-state index contributed by atoms with van der Waals surface area (Å²) in [6.45, 7) is 3.65. The average Bonchev–Trinajstić information content (AvgIpc) is 3.20. The minimum atomic E-state index is -4.58. The molecular formula is C15H12F3N5OS2. The molecule has 26 heavy (non-hydrogen) atoms. The number of halogens is 3. The Labute approximate surface area is 153 Å². The van der Waals surface area contributed by atoms with E-state index in [-0.39, 0.29) is 5.13 Å². The van der Waals surface area contributed by atoms with Gasteiger partial charge in [0.2, 0.25) is 10.1 Å². The van der Waals surface area contributed by atoms with Crippen LogP contribution in [0.3, 0.4) is 0 Å². The number of nitrogens with one attached hydrogen (secondary N) is 1. The lowest BCUT2D eigenvalue weighted by Gasteiger charge is -2.02. The number of carbonyl (C=O) groups is 1. The first-order chi connectivity index (χ1) is 12.2. The molecule has 0 spiro atoms. The summed E-state index contributed by atoms with van der Waals surface area (Å²) in [6.07, 6.45) is -2.44. The Hall–Kier alpha value is -2.14. The number of rotatable bonds is 3. The summed E-state index contributed by atoms with van der Waals surface area (Å²) < 4.78 is 37.8. The molecule has 1 saturated carbocycles. The highest BCUT2D eigenvalue weighted by Gasteiger charge is 2.36. The van der Waals surface area contributed by atoms with Crippen molar-refractivity contribution in [3.8, 4) is 0 Å². The Morgan fingerprint density at radius 1 is 1.15 bits per heavy atom. The maximum atomic E-state index is 12.6. The summed E-state index contributed by atoms with van der Waals surface area (Å²) in [5, 5.41) is 8.36. The second-order valence-corrected chi connectivity index (χ2v) is 8.02. The van der Waals surface area contributed by atoms with Crippen molar-refractivity contribution in [1.82, 2.24) is 20.2 Å². The van der Waals surface area contributed by atoms with Crippen LogP contribution in [0.4, 0.5) is 18.3 Å². The van der Waals surface area contributed by atoms with Crippen LogP contribution in [0.2, 0.25) is 0 Å². The monoisotopic (exact) mass is 399 g/mol. The topological polar surface area (TPSA) is 80.7 Å². The molecule has 0 saturated heterocycles. The number of carbonyl (C=O) groups excluding carboxylic acids is 1. The molecule has 1 fully saturated rings. The van der Waals surface area contributed by atoms with Crippen molar-refractivity contribution in [2.45, 2.75) is 38.8 Å². The van der Waals surface area contributed by atoms with Crippen LogP contribution in [0.25, 0.3) is 10.2 Å². The highest BCUT2D eigenvalue weighted by Crippen LogP contribution is 2.40. The molecule has 4 rings (SSSR count). The molecule has 3 aromatic heterocycles. The van der Waals surface area contributed by atoms with Crippen LogP contribution in [0, 0.1) is 13.8 Å². The largest absolute Gasteiger partial charge is 0.445 e. The molecule has 1 aliphatic rings. The number of aromatic nitrogens is 4. The number of aryl methyl sites for hydroxylation is 2. The van der Waals surface area contributed by atoms with E-state index in [2.05, 4.69) is 25.5 Å². The molecule has 0 radical (unpaired) electrons. The third kappa shape index (κ3) is 3.05. The van der Waals surface area contributed by atoms with E-state index in [0.29, 0.717) is 27.7 Å². The van der Waals surface area contributed by atoms with Gasteiger partial charge >= 0.3 is 6.18 Å². The van der Waals surface area contributed by atoms with E-state index in [1.807, 2.05) is 6.92 Å². The van der Waals surface area contributed by atoms with Crippen LogP contribution in [0.1, 0.15) is 50.5 Å². The molecule has 11 heteroatoms. The second kappa shape index (κ2) is 5.95. The van der Waals surface area contributed by atoms with Gasteiger partial charge in [0.25, 0.3) is 5.91 Å². The first kappa shape index (κ1) is 17.3. The smallest absolute Gasteiger partial charge is 0.296 e. The molecule has 3 aromatic rings. The standard InChI is InChI=1S/C15H12F3N5OS2/c1-5-8-6(2)19-10(7-3-4-7)20-12(8)25-9(5)11(24)21-14-23-22-13(26-14)15(16,17)18/h7H,3-4H2,1-2H3,(H,21,23,24). The predicted molar refractivity (Wildman–Crippen MR) is 91.7 cm³/mol. The zero-order chi connectivity index (χ0) is 18.6. The summed E-state index contributed by atoms with van der Waals surface area (Å²) in [5.41, 5.74) is 1.52. The van der Waals surface area contributed by atoms with Gasteiger partial charge in [0, 0.05) is 11.3 Å². The molecule has 0 bridgehead atoms. The molecule has 0 atom stereocenters. The third-order valence-electron chi connectivity index (χ3n) is 4.03. The number of fused-ring (bicyclic) bond motifs is 1. The maximum absolute atomic E-state index is 12.6. The molecule has 6 nitrogen and oxygen atoms in total. The summed E-state index contributed by atoms with van der Waals surface area (Å²) in [5.74, 6) is 0.657. The average molecular weight is 399 g/mol. The second-order valence-electron chi connectivity index (χ2n) is 6.04. The highest BCUT2D eigenvalue weighted by atomic mass is 32.1. The van der Waals surface area contributed by atoms with Gasteiger partial charge in [0.1, 0.15) is 10.7 Å². The molecule has 136 valence electrons. The van der Waals surface area contributed by atoms with Crippen molar-refractivity contribution in [2.75, 3.05) is 5.32 Å². The Bertz CT molecular complexity index is 1020. The van der Waals surface area contributed by atoms with E-state index >= 15 is 0 Å². The zero-order valence-corrected chi connectivity index (χ0v) is 15.3. The van der Waals surface area contributed by atoms with E-state index in [4.69, 9.17) is 0 Å². The van der Waals surface area contributed by atoms with Crippen molar-refractivity contribution >= 4 is 43.9 Å². The third-order valence-corrected chi connectivity index (χ3v) is 6.09. The number of hydrogen-bond acceptors (Lipinski definition) is 7. The minimum absolute atomic E-state index is 0.194. The number of hydrogen-bond donors (Lipinski definition) is 1. The maximum Gasteiger partial charge on any atom is 0.445 e. The van der Waals surface area contributed by atoms with Crippen LogP contribution >= 0.6 is 22.7 Å². The lowest BCUT2D eigenvalue weighted by molar-refractivity contribution is -0.138. The molecular weight excluding hydrogens is 387 g/mol. The number of amides is 1. The van der Waals surface area contributed by atoms with Crippen molar-refractivity contribution in [3.63, 3.8) is 0 Å². The SMILES string of the molecule is Cc1nc(C2CC2)nc2sc(C(=O)Nc3nnc(C(F)(F)F)s3)c(C)c12. The minimum Gasteiger partial charge on any atom is -0.296 e.